The Balaban J connectivity index is 2.53. The van der Waals surface area contributed by atoms with Crippen LogP contribution < -0.4 is 5.32 Å². The average Bonchev–Trinajstić information content (AvgIpc) is 2.37. The van der Waals surface area contributed by atoms with Gasteiger partial charge in [0.05, 0.1) is 18.6 Å². The highest BCUT2D eigenvalue weighted by Crippen LogP contribution is 2.21. The molecule has 1 heterocycles. The van der Waals surface area contributed by atoms with Gasteiger partial charge in [-0.2, -0.15) is 0 Å². The van der Waals surface area contributed by atoms with Gasteiger partial charge in [0.15, 0.2) is 0 Å². The summed E-state index contributed by atoms with van der Waals surface area (Å²) >= 11 is 1.59. The predicted octanol–water partition coefficient (Wildman–Crippen LogP) is 2.93. The Bertz CT molecular complexity index is 456. The first kappa shape index (κ1) is 17.0. The number of aryl methyl sites for hydroxylation is 1. The number of pyridine rings is 1. The monoisotopic (exact) mass is 296 g/mol. The number of thioether (sulfide) groups is 1. The van der Waals surface area contributed by atoms with E-state index in [1.165, 1.54) is 12.7 Å². The molecule has 0 radical (unpaired) electrons. The molecule has 0 unspecified atom stereocenters. The van der Waals surface area contributed by atoms with Gasteiger partial charge in [0.2, 0.25) is 0 Å². The lowest BCUT2D eigenvalue weighted by molar-refractivity contribution is -0.140. The van der Waals surface area contributed by atoms with Crippen LogP contribution in [-0.4, -0.2) is 29.4 Å². The second-order valence-electron chi connectivity index (χ2n) is 5.74. The lowest BCUT2D eigenvalue weighted by atomic mass is 10.1. The topological polar surface area (TPSA) is 51.2 Å². The third-order valence-corrected chi connectivity index (χ3v) is 3.79. The van der Waals surface area contributed by atoms with E-state index >= 15 is 0 Å². The molecule has 0 aliphatic rings. The van der Waals surface area contributed by atoms with Crippen molar-refractivity contribution in [3.8, 4) is 0 Å². The Labute approximate surface area is 125 Å². The molecule has 5 heteroatoms. The molecule has 4 nitrogen and oxygen atoms in total. The number of carbonyl (C=O) groups excluding carboxylic acids is 1. The zero-order valence-electron chi connectivity index (χ0n) is 12.9. The molecule has 1 aromatic heterocycles. The minimum Gasteiger partial charge on any atom is -0.469 e. The number of nitrogens with zero attached hydrogens (tertiary/aromatic N) is 1. The fraction of sp³-hybridized carbons (Fsp3) is 0.600. The molecule has 0 bridgehead atoms. The lowest BCUT2D eigenvalue weighted by Crippen LogP contribution is -2.35. The predicted molar refractivity (Wildman–Crippen MR) is 82.9 cm³/mol. The van der Waals surface area contributed by atoms with Crippen LogP contribution in [0.15, 0.2) is 17.3 Å². The first-order chi connectivity index (χ1) is 9.31. The van der Waals surface area contributed by atoms with Crippen LogP contribution in [0, 0.1) is 6.92 Å². The Morgan fingerprint density at radius 2 is 2.15 bits per heavy atom. The van der Waals surface area contributed by atoms with Crippen LogP contribution in [0.1, 0.15) is 38.3 Å². The molecule has 1 aromatic rings. The summed E-state index contributed by atoms with van der Waals surface area (Å²) in [4.78, 5) is 15.5. The number of aromatic nitrogens is 1. The number of methoxy groups -OCH3 is 1. The van der Waals surface area contributed by atoms with Gasteiger partial charge in [-0.1, -0.05) is 6.07 Å². The summed E-state index contributed by atoms with van der Waals surface area (Å²) in [5.41, 5.74) is 2.42. The van der Waals surface area contributed by atoms with E-state index in [-0.39, 0.29) is 11.5 Å². The minimum absolute atomic E-state index is 0.0990. The van der Waals surface area contributed by atoms with Gasteiger partial charge < -0.3 is 10.1 Å². The van der Waals surface area contributed by atoms with Crippen molar-refractivity contribution in [1.29, 1.82) is 0 Å². The van der Waals surface area contributed by atoms with Gasteiger partial charge in [-0.05, 0) is 38.8 Å². The molecule has 112 valence electrons. The van der Waals surface area contributed by atoms with E-state index in [2.05, 4.69) is 41.9 Å². The quantitative estimate of drug-likeness (QED) is 0.646. The average molecular weight is 296 g/mol. The van der Waals surface area contributed by atoms with Gasteiger partial charge in [-0.15, -0.1) is 11.8 Å². The van der Waals surface area contributed by atoms with E-state index in [1.807, 2.05) is 13.1 Å². The summed E-state index contributed by atoms with van der Waals surface area (Å²) in [5.74, 6) is 0.515. The highest BCUT2D eigenvalue weighted by molar-refractivity contribution is 7.99. The number of carbonyl (C=O) groups is 1. The third-order valence-electron chi connectivity index (χ3n) is 2.68. The molecular weight excluding hydrogens is 272 g/mol. The van der Waals surface area contributed by atoms with Crippen molar-refractivity contribution in [2.24, 2.45) is 0 Å². The van der Waals surface area contributed by atoms with E-state index in [0.717, 1.165) is 17.1 Å². The molecule has 1 N–H and O–H groups in total. The molecule has 0 spiro atoms. The smallest absolute Gasteiger partial charge is 0.306 e. The van der Waals surface area contributed by atoms with Crippen molar-refractivity contribution in [2.75, 3.05) is 12.9 Å². The summed E-state index contributed by atoms with van der Waals surface area (Å²) in [6, 6.07) is 2.15. The fourth-order valence-electron chi connectivity index (χ4n) is 1.57. The van der Waals surface area contributed by atoms with E-state index < -0.39 is 0 Å². The Morgan fingerprint density at radius 3 is 2.70 bits per heavy atom. The zero-order valence-corrected chi connectivity index (χ0v) is 13.8. The Morgan fingerprint density at radius 1 is 1.45 bits per heavy atom. The van der Waals surface area contributed by atoms with E-state index in [1.54, 1.807) is 11.8 Å². The van der Waals surface area contributed by atoms with Crippen molar-refractivity contribution >= 4 is 17.7 Å². The van der Waals surface area contributed by atoms with Gasteiger partial charge in [0.1, 0.15) is 0 Å². The fourth-order valence-corrected chi connectivity index (χ4v) is 2.44. The lowest BCUT2D eigenvalue weighted by Gasteiger charge is -2.20. The maximum absolute atomic E-state index is 11.1. The summed E-state index contributed by atoms with van der Waals surface area (Å²) in [7, 11) is 1.41. The van der Waals surface area contributed by atoms with Crippen molar-refractivity contribution in [1.82, 2.24) is 10.3 Å². The van der Waals surface area contributed by atoms with E-state index in [0.29, 0.717) is 12.2 Å². The second kappa shape index (κ2) is 7.64. The van der Waals surface area contributed by atoms with Crippen LogP contribution in [0.25, 0.3) is 0 Å². The third kappa shape index (κ3) is 6.39. The molecule has 20 heavy (non-hydrogen) atoms. The summed E-state index contributed by atoms with van der Waals surface area (Å²) < 4.78 is 4.62. The molecule has 0 amide bonds. The summed E-state index contributed by atoms with van der Waals surface area (Å²) in [5, 5.41) is 4.42. The van der Waals surface area contributed by atoms with Crippen LogP contribution in [0.5, 0.6) is 0 Å². The molecule has 0 fully saturated rings. The van der Waals surface area contributed by atoms with Crippen molar-refractivity contribution < 1.29 is 9.53 Å². The van der Waals surface area contributed by atoms with Crippen molar-refractivity contribution in [2.45, 2.75) is 51.2 Å². The number of hydrogen-bond acceptors (Lipinski definition) is 5. The van der Waals surface area contributed by atoms with Gasteiger partial charge in [-0.25, -0.2) is 4.98 Å². The highest BCUT2D eigenvalue weighted by atomic mass is 32.2. The first-order valence-electron chi connectivity index (χ1n) is 6.72. The number of esters is 1. The van der Waals surface area contributed by atoms with Crippen molar-refractivity contribution in [3.05, 3.63) is 23.4 Å². The highest BCUT2D eigenvalue weighted by Gasteiger charge is 2.10. The normalized spacial score (nSPS) is 11.4. The molecule has 0 aliphatic heterocycles. The standard InChI is InChI=1S/C15H24N2O2S/c1-11-8-12(10-17-15(2,3)4)9-16-14(11)20-7-6-13(18)19-5/h8-9,17H,6-7,10H2,1-5H3. The number of rotatable bonds is 6. The maximum atomic E-state index is 11.1. The van der Waals surface area contributed by atoms with Crippen LogP contribution in [0.3, 0.4) is 0 Å². The van der Waals surface area contributed by atoms with Gasteiger partial charge in [0.25, 0.3) is 0 Å². The molecule has 0 saturated carbocycles. The van der Waals surface area contributed by atoms with Crippen LogP contribution >= 0.6 is 11.8 Å². The minimum atomic E-state index is -0.179. The Kier molecular flexibility index (Phi) is 6.49. The van der Waals surface area contributed by atoms with Crippen LogP contribution in [0.2, 0.25) is 0 Å². The number of nitrogens with one attached hydrogen (secondary N) is 1. The summed E-state index contributed by atoms with van der Waals surface area (Å²) in [6.45, 7) is 9.29. The van der Waals surface area contributed by atoms with Gasteiger partial charge in [-0.3, -0.25) is 4.79 Å². The van der Waals surface area contributed by atoms with E-state index in [4.69, 9.17) is 0 Å². The second-order valence-corrected chi connectivity index (χ2v) is 6.83. The zero-order chi connectivity index (χ0) is 15.2. The van der Waals surface area contributed by atoms with Crippen molar-refractivity contribution in [3.63, 3.8) is 0 Å². The molecular formula is C15H24N2O2S. The molecule has 0 saturated heterocycles. The maximum Gasteiger partial charge on any atom is 0.306 e. The number of hydrogen-bond donors (Lipinski definition) is 1. The largest absolute Gasteiger partial charge is 0.469 e. The van der Waals surface area contributed by atoms with Gasteiger partial charge in [0, 0.05) is 24.0 Å². The number of ether oxygens (including phenoxy) is 1. The molecule has 0 aliphatic carbocycles. The molecule has 0 aromatic carbocycles. The SMILES string of the molecule is COC(=O)CCSc1ncc(CNC(C)(C)C)cc1C. The van der Waals surface area contributed by atoms with Crippen LogP contribution in [0.4, 0.5) is 0 Å². The van der Waals surface area contributed by atoms with E-state index in [9.17, 15) is 4.79 Å². The summed E-state index contributed by atoms with van der Waals surface area (Å²) in [6.07, 6.45) is 2.31. The Hall–Kier alpha value is -1.07. The van der Waals surface area contributed by atoms with Gasteiger partial charge >= 0.3 is 5.97 Å². The van der Waals surface area contributed by atoms with Crippen LogP contribution in [-0.2, 0) is 16.1 Å². The molecule has 0 atom stereocenters. The first-order valence-corrected chi connectivity index (χ1v) is 7.70. The molecule has 1 rings (SSSR count).